The van der Waals surface area contributed by atoms with E-state index in [1.165, 1.54) is 7.11 Å². The molecule has 19 heavy (non-hydrogen) atoms. The summed E-state index contributed by atoms with van der Waals surface area (Å²) < 4.78 is 15.7. The number of hydrogen-bond donors (Lipinski definition) is 1. The largest absolute Gasteiger partial charge is 0.497 e. The maximum Gasteiger partial charge on any atom is 0.124 e. The molecule has 0 aliphatic carbocycles. The fourth-order valence-corrected chi connectivity index (χ4v) is 2.30. The van der Waals surface area contributed by atoms with Gasteiger partial charge in [-0.25, -0.2) is 0 Å². The van der Waals surface area contributed by atoms with Crippen molar-refractivity contribution < 1.29 is 19.3 Å². The summed E-state index contributed by atoms with van der Waals surface area (Å²) in [5, 5.41) is 19.9. The second-order valence-corrected chi connectivity index (χ2v) is 4.58. The van der Waals surface area contributed by atoms with E-state index in [-0.39, 0.29) is 6.61 Å². The van der Waals surface area contributed by atoms with Crippen LogP contribution < -0.4 is 9.47 Å². The third-order valence-electron chi connectivity index (χ3n) is 3.53. The molecule has 0 saturated carbocycles. The van der Waals surface area contributed by atoms with Crippen LogP contribution in [0.4, 0.5) is 0 Å². The second kappa shape index (κ2) is 5.47. The van der Waals surface area contributed by atoms with Crippen molar-refractivity contribution in [1.82, 2.24) is 0 Å². The highest BCUT2D eigenvalue weighted by Crippen LogP contribution is 2.44. The number of aliphatic hydroxyl groups is 1. The van der Waals surface area contributed by atoms with Crippen LogP contribution in [0.5, 0.6) is 11.5 Å². The lowest BCUT2D eigenvalue weighted by Crippen LogP contribution is -2.28. The summed E-state index contributed by atoms with van der Waals surface area (Å²) in [4.78, 5) is 0. The van der Waals surface area contributed by atoms with Crippen molar-refractivity contribution in [1.29, 1.82) is 5.26 Å². The summed E-state index contributed by atoms with van der Waals surface area (Å²) in [7, 11) is 3.08. The van der Waals surface area contributed by atoms with Crippen molar-refractivity contribution in [3.63, 3.8) is 0 Å². The van der Waals surface area contributed by atoms with Crippen molar-refractivity contribution in [2.75, 3.05) is 27.4 Å². The Morgan fingerprint density at radius 3 is 2.74 bits per heavy atom. The van der Waals surface area contributed by atoms with Crippen molar-refractivity contribution >= 4 is 0 Å². The van der Waals surface area contributed by atoms with Gasteiger partial charge in [0.15, 0.2) is 0 Å². The smallest absolute Gasteiger partial charge is 0.124 e. The van der Waals surface area contributed by atoms with Gasteiger partial charge in [-0.05, 0) is 24.6 Å². The Labute approximate surface area is 112 Å². The van der Waals surface area contributed by atoms with Gasteiger partial charge in [0, 0.05) is 12.2 Å². The molecule has 1 aliphatic rings. The minimum atomic E-state index is -0.968. The maximum atomic E-state index is 10.6. The number of nitriles is 1. The van der Waals surface area contributed by atoms with Crippen LogP contribution >= 0.6 is 0 Å². The van der Waals surface area contributed by atoms with Crippen LogP contribution in [0.1, 0.15) is 18.1 Å². The van der Waals surface area contributed by atoms with Gasteiger partial charge in [0.05, 0.1) is 26.9 Å². The van der Waals surface area contributed by atoms with Gasteiger partial charge in [0.25, 0.3) is 0 Å². The molecule has 2 rings (SSSR count). The van der Waals surface area contributed by atoms with Crippen molar-refractivity contribution in [2.45, 2.75) is 12.5 Å². The highest BCUT2D eigenvalue weighted by Gasteiger charge is 2.44. The van der Waals surface area contributed by atoms with Gasteiger partial charge in [0.2, 0.25) is 0 Å². The van der Waals surface area contributed by atoms with E-state index in [0.29, 0.717) is 30.1 Å². The highest BCUT2D eigenvalue weighted by atomic mass is 16.5. The average Bonchev–Trinajstić information content (AvgIpc) is 2.95. The van der Waals surface area contributed by atoms with Crippen LogP contribution in [0.2, 0.25) is 0 Å². The average molecular weight is 263 g/mol. The third-order valence-corrected chi connectivity index (χ3v) is 3.53. The summed E-state index contributed by atoms with van der Waals surface area (Å²) >= 11 is 0. The SMILES string of the molecule is COc1ccc(OC)c(C(O)C2(C#N)CCOC2)c1. The predicted octanol–water partition coefficient (Wildman–Crippen LogP) is 1.67. The summed E-state index contributed by atoms with van der Waals surface area (Å²) in [5.74, 6) is 1.15. The van der Waals surface area contributed by atoms with Gasteiger partial charge < -0.3 is 19.3 Å². The Morgan fingerprint density at radius 2 is 2.21 bits per heavy atom. The minimum absolute atomic E-state index is 0.227. The van der Waals surface area contributed by atoms with E-state index in [4.69, 9.17) is 14.2 Å². The van der Waals surface area contributed by atoms with Gasteiger partial charge in [-0.1, -0.05) is 0 Å². The minimum Gasteiger partial charge on any atom is -0.497 e. The molecule has 1 fully saturated rings. The Morgan fingerprint density at radius 1 is 1.42 bits per heavy atom. The van der Waals surface area contributed by atoms with Crippen LogP contribution in [0.25, 0.3) is 0 Å². The molecule has 1 heterocycles. The molecule has 0 spiro atoms. The van der Waals surface area contributed by atoms with Crippen molar-refractivity contribution in [3.8, 4) is 17.6 Å². The molecular formula is C14H17NO4. The molecule has 5 nitrogen and oxygen atoms in total. The molecule has 0 bridgehead atoms. The normalized spacial score (nSPS) is 23.7. The van der Waals surface area contributed by atoms with Crippen LogP contribution in [0.3, 0.4) is 0 Å². The molecule has 2 atom stereocenters. The Hall–Kier alpha value is -1.77. The van der Waals surface area contributed by atoms with Crippen LogP contribution in [-0.2, 0) is 4.74 Å². The number of hydrogen-bond acceptors (Lipinski definition) is 5. The fourth-order valence-electron chi connectivity index (χ4n) is 2.30. The first-order valence-electron chi connectivity index (χ1n) is 6.06. The lowest BCUT2D eigenvalue weighted by molar-refractivity contribution is 0.0485. The molecule has 0 amide bonds. The molecule has 1 aromatic rings. The van der Waals surface area contributed by atoms with Crippen LogP contribution in [0.15, 0.2) is 18.2 Å². The van der Waals surface area contributed by atoms with E-state index < -0.39 is 11.5 Å². The number of aliphatic hydroxyl groups excluding tert-OH is 1. The zero-order valence-electron chi connectivity index (χ0n) is 11.0. The summed E-state index contributed by atoms with van der Waals surface area (Å²) in [5.41, 5.74) is -0.367. The second-order valence-electron chi connectivity index (χ2n) is 4.58. The molecule has 0 radical (unpaired) electrons. The zero-order chi connectivity index (χ0) is 13.9. The zero-order valence-corrected chi connectivity index (χ0v) is 11.0. The first kappa shape index (κ1) is 13.7. The molecule has 1 N–H and O–H groups in total. The number of methoxy groups -OCH3 is 2. The van der Waals surface area contributed by atoms with Gasteiger partial charge in [-0.2, -0.15) is 5.26 Å². The van der Waals surface area contributed by atoms with E-state index in [0.717, 1.165) is 0 Å². The first-order chi connectivity index (χ1) is 9.16. The molecule has 1 aromatic carbocycles. The number of benzene rings is 1. The topological polar surface area (TPSA) is 71.7 Å². The predicted molar refractivity (Wildman–Crippen MR) is 68.0 cm³/mol. The van der Waals surface area contributed by atoms with Gasteiger partial charge in [-0.3, -0.25) is 0 Å². The molecule has 1 saturated heterocycles. The lowest BCUT2D eigenvalue weighted by Gasteiger charge is -2.27. The quantitative estimate of drug-likeness (QED) is 0.894. The third kappa shape index (κ3) is 2.37. The van der Waals surface area contributed by atoms with Crippen molar-refractivity contribution in [2.24, 2.45) is 5.41 Å². The first-order valence-corrected chi connectivity index (χ1v) is 6.06. The molecule has 0 aromatic heterocycles. The number of ether oxygens (including phenoxy) is 3. The van der Waals surface area contributed by atoms with E-state index in [1.807, 2.05) is 0 Å². The van der Waals surface area contributed by atoms with Crippen LogP contribution in [-0.4, -0.2) is 32.5 Å². The van der Waals surface area contributed by atoms with Gasteiger partial charge in [0.1, 0.15) is 23.0 Å². The lowest BCUT2D eigenvalue weighted by atomic mass is 9.79. The summed E-state index contributed by atoms with van der Waals surface area (Å²) in [6, 6.07) is 7.36. The monoisotopic (exact) mass is 263 g/mol. The fraction of sp³-hybridized carbons (Fsp3) is 0.500. The Bertz CT molecular complexity index is 489. The van der Waals surface area contributed by atoms with E-state index >= 15 is 0 Å². The molecule has 5 heteroatoms. The van der Waals surface area contributed by atoms with Gasteiger partial charge >= 0.3 is 0 Å². The highest BCUT2D eigenvalue weighted by molar-refractivity contribution is 5.43. The van der Waals surface area contributed by atoms with Crippen LogP contribution in [0, 0.1) is 16.7 Å². The van der Waals surface area contributed by atoms with Crippen molar-refractivity contribution in [3.05, 3.63) is 23.8 Å². The standard InChI is InChI=1S/C14H17NO4/c1-17-10-3-4-12(18-2)11(7-10)13(16)14(8-15)5-6-19-9-14/h3-4,7,13,16H,5-6,9H2,1-2H3. The Balaban J connectivity index is 2.42. The molecule has 2 unspecified atom stereocenters. The Kier molecular flexibility index (Phi) is 3.93. The van der Waals surface area contributed by atoms with E-state index in [2.05, 4.69) is 6.07 Å². The number of nitrogens with zero attached hydrogens (tertiary/aromatic N) is 1. The number of rotatable bonds is 4. The van der Waals surface area contributed by atoms with Gasteiger partial charge in [-0.15, -0.1) is 0 Å². The molecule has 102 valence electrons. The van der Waals surface area contributed by atoms with E-state index in [1.54, 1.807) is 25.3 Å². The molecule has 1 aliphatic heterocycles. The summed E-state index contributed by atoms with van der Waals surface area (Å²) in [6.45, 7) is 0.710. The maximum absolute atomic E-state index is 10.6. The van der Waals surface area contributed by atoms with E-state index in [9.17, 15) is 10.4 Å². The summed E-state index contributed by atoms with van der Waals surface area (Å²) in [6.07, 6.45) is -0.463. The molecular weight excluding hydrogens is 246 g/mol.